The van der Waals surface area contributed by atoms with Crippen LogP contribution in [0.25, 0.3) is 0 Å². The van der Waals surface area contributed by atoms with E-state index in [-0.39, 0.29) is 6.10 Å². The number of aliphatic hydroxyl groups excluding tert-OH is 1. The monoisotopic (exact) mass is 180 g/mol. The zero-order chi connectivity index (χ0) is 9.68. The van der Waals surface area contributed by atoms with Crippen molar-refractivity contribution in [2.24, 2.45) is 11.8 Å². The van der Waals surface area contributed by atoms with Gasteiger partial charge in [-0.2, -0.15) is 0 Å². The first-order chi connectivity index (χ1) is 6.27. The Labute approximate surface area is 81.5 Å². The number of terminal acetylenes is 1. The predicted octanol–water partition coefficient (Wildman–Crippen LogP) is 2.59. The van der Waals surface area contributed by atoms with Crippen molar-refractivity contribution in [2.75, 3.05) is 0 Å². The van der Waals surface area contributed by atoms with Gasteiger partial charge in [-0.15, -0.1) is 12.3 Å². The van der Waals surface area contributed by atoms with Crippen LogP contribution in [0, 0.1) is 24.2 Å². The molecule has 13 heavy (non-hydrogen) atoms. The van der Waals surface area contributed by atoms with Gasteiger partial charge in [0.2, 0.25) is 0 Å². The Morgan fingerprint density at radius 3 is 2.92 bits per heavy atom. The van der Waals surface area contributed by atoms with Crippen LogP contribution in [0.2, 0.25) is 0 Å². The molecule has 1 aliphatic rings. The fourth-order valence-electron chi connectivity index (χ4n) is 2.34. The van der Waals surface area contributed by atoms with Crippen LogP contribution in [0.5, 0.6) is 0 Å². The minimum atomic E-state index is -0.251. The van der Waals surface area contributed by atoms with Crippen molar-refractivity contribution in [3.8, 4) is 12.3 Å². The molecule has 1 heteroatoms. The SMILES string of the molecule is C#CCC(O)C1CCCC(CC)C1. The number of rotatable bonds is 3. The lowest BCUT2D eigenvalue weighted by Crippen LogP contribution is -2.26. The molecule has 1 fully saturated rings. The van der Waals surface area contributed by atoms with E-state index in [0.717, 1.165) is 5.92 Å². The van der Waals surface area contributed by atoms with Gasteiger partial charge in [0.1, 0.15) is 0 Å². The van der Waals surface area contributed by atoms with Crippen LogP contribution in [-0.4, -0.2) is 11.2 Å². The smallest absolute Gasteiger partial charge is 0.0677 e. The lowest BCUT2D eigenvalue weighted by atomic mass is 9.77. The van der Waals surface area contributed by atoms with Gasteiger partial charge in [0.15, 0.2) is 0 Å². The number of hydrogen-bond acceptors (Lipinski definition) is 1. The predicted molar refractivity (Wildman–Crippen MR) is 55.2 cm³/mol. The van der Waals surface area contributed by atoms with Crippen LogP contribution in [0.4, 0.5) is 0 Å². The summed E-state index contributed by atoms with van der Waals surface area (Å²) in [7, 11) is 0. The second-order valence-corrected chi connectivity index (χ2v) is 4.18. The summed E-state index contributed by atoms with van der Waals surface area (Å²) in [6, 6.07) is 0. The fraction of sp³-hybridized carbons (Fsp3) is 0.833. The van der Waals surface area contributed by atoms with Crippen LogP contribution in [0.3, 0.4) is 0 Å². The molecule has 0 heterocycles. The maximum atomic E-state index is 9.74. The van der Waals surface area contributed by atoms with Crippen LogP contribution in [-0.2, 0) is 0 Å². The average Bonchev–Trinajstić information content (AvgIpc) is 2.18. The quantitative estimate of drug-likeness (QED) is 0.662. The van der Waals surface area contributed by atoms with E-state index >= 15 is 0 Å². The standard InChI is InChI=1S/C12H20O/c1-3-6-12(13)11-8-5-7-10(4-2)9-11/h1,10-13H,4-9H2,2H3. The van der Waals surface area contributed by atoms with Crippen LogP contribution < -0.4 is 0 Å². The molecule has 0 aromatic heterocycles. The van der Waals surface area contributed by atoms with Gasteiger partial charge in [0, 0.05) is 6.42 Å². The summed E-state index contributed by atoms with van der Waals surface area (Å²) < 4.78 is 0. The molecule has 1 rings (SSSR count). The van der Waals surface area contributed by atoms with Gasteiger partial charge in [-0.1, -0.05) is 26.2 Å². The summed E-state index contributed by atoms with van der Waals surface area (Å²) in [5, 5.41) is 9.74. The zero-order valence-electron chi connectivity index (χ0n) is 8.50. The number of hydrogen-bond donors (Lipinski definition) is 1. The first-order valence-electron chi connectivity index (χ1n) is 5.39. The van der Waals surface area contributed by atoms with Gasteiger partial charge in [0.05, 0.1) is 6.10 Å². The van der Waals surface area contributed by atoms with Crippen molar-refractivity contribution < 1.29 is 5.11 Å². The highest BCUT2D eigenvalue weighted by atomic mass is 16.3. The second-order valence-electron chi connectivity index (χ2n) is 4.18. The summed E-state index contributed by atoms with van der Waals surface area (Å²) in [4.78, 5) is 0. The van der Waals surface area contributed by atoms with Crippen molar-refractivity contribution in [2.45, 2.75) is 51.6 Å². The highest BCUT2D eigenvalue weighted by molar-refractivity contribution is 4.90. The molecule has 0 spiro atoms. The molecule has 74 valence electrons. The van der Waals surface area contributed by atoms with Crippen molar-refractivity contribution in [1.82, 2.24) is 0 Å². The minimum Gasteiger partial charge on any atom is -0.392 e. The molecule has 1 aliphatic carbocycles. The van der Waals surface area contributed by atoms with E-state index in [1.165, 1.54) is 32.1 Å². The third-order valence-corrected chi connectivity index (χ3v) is 3.27. The zero-order valence-corrected chi connectivity index (χ0v) is 8.50. The summed E-state index contributed by atoms with van der Waals surface area (Å²) in [6.07, 6.45) is 11.7. The van der Waals surface area contributed by atoms with E-state index in [2.05, 4.69) is 12.8 Å². The molecular weight excluding hydrogens is 160 g/mol. The van der Waals surface area contributed by atoms with Crippen molar-refractivity contribution >= 4 is 0 Å². The molecule has 1 N–H and O–H groups in total. The molecule has 1 saturated carbocycles. The molecule has 0 bridgehead atoms. The van der Waals surface area contributed by atoms with Crippen molar-refractivity contribution in [3.05, 3.63) is 0 Å². The van der Waals surface area contributed by atoms with E-state index < -0.39 is 0 Å². The first-order valence-corrected chi connectivity index (χ1v) is 5.39. The lowest BCUT2D eigenvalue weighted by Gasteiger charge is -2.31. The number of aliphatic hydroxyl groups is 1. The lowest BCUT2D eigenvalue weighted by molar-refractivity contribution is 0.0721. The van der Waals surface area contributed by atoms with Crippen LogP contribution >= 0.6 is 0 Å². The summed E-state index contributed by atoms with van der Waals surface area (Å²) in [5.74, 6) is 3.84. The maximum absolute atomic E-state index is 9.74. The fourth-order valence-corrected chi connectivity index (χ4v) is 2.34. The largest absolute Gasteiger partial charge is 0.392 e. The maximum Gasteiger partial charge on any atom is 0.0677 e. The normalized spacial score (nSPS) is 30.8. The summed E-state index contributed by atoms with van der Waals surface area (Å²) >= 11 is 0. The van der Waals surface area contributed by atoms with Crippen molar-refractivity contribution in [3.63, 3.8) is 0 Å². The van der Waals surface area contributed by atoms with E-state index in [1.54, 1.807) is 0 Å². The molecule has 0 radical (unpaired) electrons. The molecule has 1 nitrogen and oxygen atoms in total. The molecular formula is C12H20O. The third-order valence-electron chi connectivity index (χ3n) is 3.27. The van der Waals surface area contributed by atoms with Gasteiger partial charge in [0.25, 0.3) is 0 Å². The molecule has 0 aromatic rings. The second kappa shape index (κ2) is 5.29. The average molecular weight is 180 g/mol. The molecule has 3 atom stereocenters. The summed E-state index contributed by atoms with van der Waals surface area (Å²) in [6.45, 7) is 2.24. The molecule has 0 aromatic carbocycles. The summed E-state index contributed by atoms with van der Waals surface area (Å²) in [5.41, 5.74) is 0. The van der Waals surface area contributed by atoms with E-state index in [0.29, 0.717) is 12.3 Å². The Hall–Kier alpha value is -0.480. The van der Waals surface area contributed by atoms with Gasteiger partial charge in [-0.05, 0) is 24.7 Å². The highest BCUT2D eigenvalue weighted by Gasteiger charge is 2.25. The topological polar surface area (TPSA) is 20.2 Å². The van der Waals surface area contributed by atoms with Crippen LogP contribution in [0.1, 0.15) is 45.4 Å². The minimum absolute atomic E-state index is 0.251. The van der Waals surface area contributed by atoms with E-state index in [4.69, 9.17) is 6.42 Å². The van der Waals surface area contributed by atoms with Gasteiger partial charge in [-0.25, -0.2) is 0 Å². The van der Waals surface area contributed by atoms with Crippen LogP contribution in [0.15, 0.2) is 0 Å². The Bertz CT molecular complexity index is 180. The van der Waals surface area contributed by atoms with Gasteiger partial charge < -0.3 is 5.11 Å². The Kier molecular flexibility index (Phi) is 4.32. The Balaban J connectivity index is 2.37. The molecule has 0 amide bonds. The molecule has 3 unspecified atom stereocenters. The Morgan fingerprint density at radius 2 is 2.31 bits per heavy atom. The molecule has 0 saturated heterocycles. The highest BCUT2D eigenvalue weighted by Crippen LogP contribution is 2.33. The Morgan fingerprint density at radius 1 is 1.54 bits per heavy atom. The molecule has 0 aliphatic heterocycles. The first kappa shape index (κ1) is 10.6. The van der Waals surface area contributed by atoms with E-state index in [9.17, 15) is 5.11 Å². The van der Waals surface area contributed by atoms with E-state index in [1.807, 2.05) is 0 Å². The third kappa shape index (κ3) is 3.04. The van der Waals surface area contributed by atoms with Gasteiger partial charge in [-0.3, -0.25) is 0 Å². The van der Waals surface area contributed by atoms with Gasteiger partial charge >= 0.3 is 0 Å². The van der Waals surface area contributed by atoms with Crippen molar-refractivity contribution in [1.29, 1.82) is 0 Å².